The van der Waals surface area contributed by atoms with E-state index in [1.165, 1.54) is 5.69 Å². The summed E-state index contributed by atoms with van der Waals surface area (Å²) in [5, 5.41) is 32.5. The quantitative estimate of drug-likeness (QED) is 0.624. The first-order valence-corrected chi connectivity index (χ1v) is 10.1. The zero-order chi connectivity index (χ0) is 23.2. The number of nitrogens with zero attached hydrogens (tertiary/aromatic N) is 5. The van der Waals surface area contributed by atoms with Crippen LogP contribution < -0.4 is 0 Å². The molecular weight excluding hydrogens is 417 g/mol. The Morgan fingerprint density at radius 1 is 1.29 bits per heavy atom. The van der Waals surface area contributed by atoms with Gasteiger partial charge in [-0.1, -0.05) is 19.1 Å². The standard InChI is InChI=1S/C17H28N6O.C2HF3O2/c1-12(2)8-14-9-15(19-18-14)10-22-6-4-16(5-7-22)23-11-17(13(3)24)20-21-23;3-2(4,5)1(6)7/h9,11-13,16,24H,4-8,10H2,1-3H3,(H,18,19);(H,6,7). The fraction of sp³-hybridized carbons (Fsp3) is 0.684. The molecule has 2 aromatic rings. The number of H-pyrrole nitrogens is 1. The van der Waals surface area contributed by atoms with E-state index in [2.05, 4.69) is 45.3 Å². The summed E-state index contributed by atoms with van der Waals surface area (Å²) in [5.41, 5.74) is 3.00. The van der Waals surface area contributed by atoms with E-state index in [4.69, 9.17) is 9.90 Å². The number of rotatable bonds is 6. The van der Waals surface area contributed by atoms with Crippen molar-refractivity contribution in [3.8, 4) is 0 Å². The van der Waals surface area contributed by atoms with E-state index in [1.54, 1.807) is 6.92 Å². The van der Waals surface area contributed by atoms with E-state index in [0.717, 1.165) is 44.6 Å². The molecule has 3 N–H and O–H groups in total. The number of carboxylic acids is 1. The molecule has 0 saturated carbocycles. The molecule has 0 aromatic carbocycles. The van der Waals surface area contributed by atoms with E-state index < -0.39 is 18.2 Å². The van der Waals surface area contributed by atoms with Gasteiger partial charge in [0.25, 0.3) is 0 Å². The average Bonchev–Trinajstić information content (AvgIpc) is 3.31. The molecule has 1 saturated heterocycles. The molecule has 0 radical (unpaired) electrons. The molecular formula is C19H29F3N6O3. The summed E-state index contributed by atoms with van der Waals surface area (Å²) < 4.78 is 33.6. The number of aromatic amines is 1. The Morgan fingerprint density at radius 2 is 1.90 bits per heavy atom. The molecule has 3 rings (SSSR count). The fourth-order valence-corrected chi connectivity index (χ4v) is 3.26. The van der Waals surface area contributed by atoms with Crippen LogP contribution in [0.25, 0.3) is 0 Å². The first kappa shape index (κ1) is 24.8. The number of piperidine rings is 1. The monoisotopic (exact) mass is 446 g/mol. The van der Waals surface area contributed by atoms with Crippen LogP contribution in [-0.2, 0) is 17.8 Å². The van der Waals surface area contributed by atoms with Gasteiger partial charge >= 0.3 is 12.1 Å². The number of hydrogen-bond acceptors (Lipinski definition) is 6. The van der Waals surface area contributed by atoms with Gasteiger partial charge in [0, 0.05) is 25.3 Å². The summed E-state index contributed by atoms with van der Waals surface area (Å²) in [6, 6.07) is 2.57. The minimum absolute atomic E-state index is 0.375. The van der Waals surface area contributed by atoms with Crippen molar-refractivity contribution >= 4 is 5.97 Å². The average molecular weight is 446 g/mol. The first-order chi connectivity index (χ1) is 14.5. The van der Waals surface area contributed by atoms with Crippen LogP contribution in [0.1, 0.15) is 62.8 Å². The summed E-state index contributed by atoms with van der Waals surface area (Å²) >= 11 is 0. The van der Waals surface area contributed by atoms with Crippen LogP contribution in [0.3, 0.4) is 0 Å². The number of nitrogens with one attached hydrogen (secondary N) is 1. The number of alkyl halides is 3. The maximum absolute atomic E-state index is 10.6. The molecule has 1 unspecified atom stereocenters. The molecule has 12 heteroatoms. The first-order valence-electron chi connectivity index (χ1n) is 10.1. The molecule has 31 heavy (non-hydrogen) atoms. The SMILES string of the molecule is CC(C)Cc1cc(CN2CCC(n3cc(C(C)O)nn3)CC2)[nH]n1.O=C(O)C(F)(F)F. The second-order valence-corrected chi connectivity index (χ2v) is 8.09. The van der Waals surface area contributed by atoms with Gasteiger partial charge in [0.1, 0.15) is 5.69 Å². The van der Waals surface area contributed by atoms with Crippen molar-refractivity contribution in [3.63, 3.8) is 0 Å². The number of carboxylic acid groups (broad SMARTS) is 1. The zero-order valence-electron chi connectivity index (χ0n) is 17.8. The van der Waals surface area contributed by atoms with Crippen LogP contribution in [0.15, 0.2) is 12.3 Å². The van der Waals surface area contributed by atoms with Gasteiger partial charge in [-0.3, -0.25) is 10.00 Å². The molecule has 1 fully saturated rings. The lowest BCUT2D eigenvalue weighted by Crippen LogP contribution is -2.34. The van der Waals surface area contributed by atoms with Crippen LogP contribution in [0.5, 0.6) is 0 Å². The molecule has 0 amide bonds. The largest absolute Gasteiger partial charge is 0.490 e. The third kappa shape index (κ3) is 7.94. The summed E-state index contributed by atoms with van der Waals surface area (Å²) in [6.45, 7) is 9.14. The van der Waals surface area contributed by atoms with Crippen molar-refractivity contribution in [1.82, 2.24) is 30.1 Å². The minimum atomic E-state index is -5.08. The molecule has 174 valence electrons. The van der Waals surface area contributed by atoms with Gasteiger partial charge in [0.2, 0.25) is 0 Å². The predicted molar refractivity (Wildman–Crippen MR) is 105 cm³/mol. The predicted octanol–water partition coefficient (Wildman–Crippen LogP) is 2.72. The summed E-state index contributed by atoms with van der Waals surface area (Å²) in [6.07, 6.45) is -0.640. The van der Waals surface area contributed by atoms with Crippen molar-refractivity contribution in [2.45, 2.75) is 64.9 Å². The Bertz CT molecular complexity index is 826. The summed E-state index contributed by atoms with van der Waals surface area (Å²) in [4.78, 5) is 11.3. The molecule has 1 atom stereocenters. The Hall–Kier alpha value is -2.47. The van der Waals surface area contributed by atoms with E-state index in [-0.39, 0.29) is 0 Å². The number of carbonyl (C=O) groups is 1. The third-order valence-corrected chi connectivity index (χ3v) is 4.83. The van der Waals surface area contributed by atoms with Crippen molar-refractivity contribution in [3.05, 3.63) is 29.3 Å². The lowest BCUT2D eigenvalue weighted by atomic mass is 10.0. The summed E-state index contributed by atoms with van der Waals surface area (Å²) in [5.74, 6) is -2.13. The third-order valence-electron chi connectivity index (χ3n) is 4.83. The van der Waals surface area contributed by atoms with E-state index in [9.17, 15) is 18.3 Å². The Morgan fingerprint density at radius 3 is 2.39 bits per heavy atom. The van der Waals surface area contributed by atoms with Crippen LogP contribution >= 0.6 is 0 Å². The Balaban J connectivity index is 0.000000423. The topological polar surface area (TPSA) is 120 Å². The van der Waals surface area contributed by atoms with Gasteiger partial charge in [-0.15, -0.1) is 5.10 Å². The number of likely N-dealkylation sites (tertiary alicyclic amines) is 1. The number of aliphatic carboxylic acids is 1. The van der Waals surface area contributed by atoms with Gasteiger partial charge < -0.3 is 10.2 Å². The van der Waals surface area contributed by atoms with Gasteiger partial charge in [-0.25, -0.2) is 9.48 Å². The van der Waals surface area contributed by atoms with E-state index >= 15 is 0 Å². The number of aliphatic hydroxyl groups is 1. The van der Waals surface area contributed by atoms with Gasteiger partial charge in [-0.05, 0) is 38.2 Å². The highest BCUT2D eigenvalue weighted by molar-refractivity contribution is 5.73. The molecule has 9 nitrogen and oxygen atoms in total. The van der Waals surface area contributed by atoms with Gasteiger partial charge in [0.05, 0.1) is 24.0 Å². The zero-order valence-corrected chi connectivity index (χ0v) is 17.8. The number of halogens is 3. The number of aromatic nitrogens is 5. The number of hydrogen-bond donors (Lipinski definition) is 3. The second kappa shape index (κ2) is 10.7. The highest BCUT2D eigenvalue weighted by Crippen LogP contribution is 2.23. The Labute approximate surface area is 178 Å². The van der Waals surface area contributed by atoms with Crippen LogP contribution in [0, 0.1) is 5.92 Å². The molecule has 1 aliphatic heterocycles. The highest BCUT2D eigenvalue weighted by Gasteiger charge is 2.38. The Kier molecular flexibility index (Phi) is 8.57. The molecule has 0 aliphatic carbocycles. The van der Waals surface area contributed by atoms with Crippen LogP contribution in [0.4, 0.5) is 13.2 Å². The van der Waals surface area contributed by atoms with Crippen LogP contribution in [0.2, 0.25) is 0 Å². The van der Waals surface area contributed by atoms with E-state index in [0.29, 0.717) is 17.7 Å². The maximum atomic E-state index is 10.6. The smallest absolute Gasteiger partial charge is 0.475 e. The normalized spacial score (nSPS) is 16.8. The highest BCUT2D eigenvalue weighted by atomic mass is 19.4. The molecule has 3 heterocycles. The van der Waals surface area contributed by atoms with Crippen molar-refractivity contribution < 1.29 is 28.2 Å². The van der Waals surface area contributed by atoms with Gasteiger partial charge in [0.15, 0.2) is 0 Å². The second-order valence-electron chi connectivity index (χ2n) is 8.09. The lowest BCUT2D eigenvalue weighted by molar-refractivity contribution is -0.192. The number of aliphatic hydroxyl groups excluding tert-OH is 1. The molecule has 0 spiro atoms. The van der Waals surface area contributed by atoms with Crippen molar-refractivity contribution in [1.29, 1.82) is 0 Å². The van der Waals surface area contributed by atoms with Crippen molar-refractivity contribution in [2.24, 2.45) is 5.92 Å². The van der Waals surface area contributed by atoms with Gasteiger partial charge in [-0.2, -0.15) is 18.3 Å². The fourth-order valence-electron chi connectivity index (χ4n) is 3.26. The van der Waals surface area contributed by atoms with Crippen molar-refractivity contribution in [2.75, 3.05) is 13.1 Å². The summed E-state index contributed by atoms with van der Waals surface area (Å²) in [7, 11) is 0. The van der Waals surface area contributed by atoms with E-state index in [1.807, 2.05) is 10.9 Å². The molecule has 0 bridgehead atoms. The maximum Gasteiger partial charge on any atom is 0.490 e. The molecule has 1 aliphatic rings. The van der Waals surface area contributed by atoms with Crippen LogP contribution in [-0.4, -0.2) is 65.5 Å². The molecule has 2 aromatic heterocycles. The minimum Gasteiger partial charge on any atom is -0.475 e. The lowest BCUT2D eigenvalue weighted by Gasteiger charge is -2.31.